The number of rotatable bonds is 4. The molecule has 2 atom stereocenters. The second-order valence-electron chi connectivity index (χ2n) is 5.87. The van der Waals surface area contributed by atoms with Crippen molar-refractivity contribution in [3.8, 4) is 0 Å². The molecule has 1 aliphatic heterocycles. The van der Waals surface area contributed by atoms with Gasteiger partial charge in [0.25, 0.3) is 0 Å². The molecule has 0 aromatic carbocycles. The molecule has 0 N–H and O–H groups in total. The Kier molecular flexibility index (Phi) is 4.84. The fourth-order valence-corrected chi connectivity index (χ4v) is 5.18. The van der Waals surface area contributed by atoms with Gasteiger partial charge in [-0.05, 0) is 38.3 Å². The summed E-state index contributed by atoms with van der Waals surface area (Å²) < 4.78 is 26.4. The lowest BCUT2D eigenvalue weighted by molar-refractivity contribution is -0.118. The first-order chi connectivity index (χ1) is 8.08. The predicted octanol–water partition coefficient (Wildman–Crippen LogP) is 2.37. The molecule has 1 aliphatic rings. The lowest BCUT2D eigenvalue weighted by Gasteiger charge is -2.39. The highest BCUT2D eigenvalue weighted by atomic mass is 35.5. The Hall–Kier alpha value is -0.130. The number of hydrogen-bond acceptors (Lipinski definition) is 3. The number of carbonyl (C=O) groups is 1. The van der Waals surface area contributed by atoms with Crippen LogP contribution in [0.3, 0.4) is 0 Å². The van der Waals surface area contributed by atoms with Crippen LogP contribution in [0.5, 0.6) is 0 Å². The number of halogens is 1. The zero-order valence-corrected chi connectivity index (χ0v) is 13.0. The van der Waals surface area contributed by atoms with Gasteiger partial charge in [-0.25, -0.2) is 8.42 Å². The van der Waals surface area contributed by atoms with Crippen LogP contribution in [0.2, 0.25) is 0 Å². The van der Waals surface area contributed by atoms with Crippen molar-refractivity contribution in [1.82, 2.24) is 4.31 Å². The number of sulfonamides is 1. The van der Waals surface area contributed by atoms with Gasteiger partial charge in [0.15, 0.2) is 0 Å². The molecule has 1 fully saturated rings. The number of piperidine rings is 1. The maximum atomic E-state index is 12.4. The van der Waals surface area contributed by atoms with Crippen LogP contribution in [0.1, 0.15) is 47.0 Å². The lowest BCUT2D eigenvalue weighted by atomic mass is 9.99. The average molecular weight is 296 g/mol. The van der Waals surface area contributed by atoms with E-state index < -0.39 is 20.7 Å². The standard InChI is InChI=1S/C12H22ClNO3S/c1-9-6-5-7-10(2)14(9)18(16,17)8-12(3,4)11(13)15/h9-10H,5-8H2,1-4H3. The van der Waals surface area contributed by atoms with E-state index in [1.165, 1.54) is 0 Å². The summed E-state index contributed by atoms with van der Waals surface area (Å²) in [4.78, 5) is 11.3. The normalized spacial score (nSPS) is 27.2. The molecular weight excluding hydrogens is 274 g/mol. The highest BCUT2D eigenvalue weighted by Crippen LogP contribution is 2.30. The molecule has 0 aromatic rings. The van der Waals surface area contributed by atoms with Gasteiger partial charge in [0.2, 0.25) is 15.3 Å². The molecular formula is C12H22ClNO3S. The third kappa shape index (κ3) is 3.45. The SMILES string of the molecule is CC1CCCC(C)N1S(=O)(=O)CC(C)(C)C(=O)Cl. The van der Waals surface area contributed by atoms with Crippen LogP contribution >= 0.6 is 11.6 Å². The van der Waals surface area contributed by atoms with E-state index >= 15 is 0 Å². The van der Waals surface area contributed by atoms with Gasteiger partial charge in [0.05, 0.1) is 11.2 Å². The van der Waals surface area contributed by atoms with Gasteiger partial charge >= 0.3 is 0 Å². The molecule has 4 nitrogen and oxygen atoms in total. The highest BCUT2D eigenvalue weighted by Gasteiger charge is 2.40. The van der Waals surface area contributed by atoms with E-state index in [4.69, 9.17) is 11.6 Å². The summed E-state index contributed by atoms with van der Waals surface area (Å²) in [6, 6.07) is -0.0000416. The van der Waals surface area contributed by atoms with Gasteiger partial charge in [0.1, 0.15) is 0 Å². The zero-order valence-electron chi connectivity index (χ0n) is 11.4. The Morgan fingerprint density at radius 2 is 1.72 bits per heavy atom. The van der Waals surface area contributed by atoms with E-state index in [2.05, 4.69) is 0 Å². The first-order valence-corrected chi connectivity index (χ1v) is 8.28. The number of nitrogens with zero attached hydrogens (tertiary/aromatic N) is 1. The largest absolute Gasteiger partial charge is 0.281 e. The number of carbonyl (C=O) groups excluding carboxylic acids is 1. The predicted molar refractivity (Wildman–Crippen MR) is 73.0 cm³/mol. The second-order valence-corrected chi connectivity index (χ2v) is 8.09. The minimum atomic E-state index is -3.46. The first kappa shape index (κ1) is 15.9. The summed E-state index contributed by atoms with van der Waals surface area (Å²) in [6.07, 6.45) is 2.80. The molecule has 0 spiro atoms. The Morgan fingerprint density at radius 3 is 2.11 bits per heavy atom. The zero-order chi connectivity index (χ0) is 14.1. The molecule has 0 saturated carbocycles. The van der Waals surface area contributed by atoms with Crippen LogP contribution in [-0.2, 0) is 14.8 Å². The fourth-order valence-electron chi connectivity index (χ4n) is 2.53. The van der Waals surface area contributed by atoms with Crippen molar-refractivity contribution < 1.29 is 13.2 Å². The molecule has 0 aliphatic carbocycles. The van der Waals surface area contributed by atoms with E-state index in [1.54, 1.807) is 18.2 Å². The summed E-state index contributed by atoms with van der Waals surface area (Å²) >= 11 is 5.47. The molecule has 1 saturated heterocycles. The van der Waals surface area contributed by atoms with Crippen LogP contribution < -0.4 is 0 Å². The minimum absolute atomic E-state index is 0.0000208. The van der Waals surface area contributed by atoms with Crippen molar-refractivity contribution in [1.29, 1.82) is 0 Å². The van der Waals surface area contributed by atoms with Crippen LogP contribution in [0, 0.1) is 5.41 Å². The van der Waals surface area contributed by atoms with Gasteiger partial charge < -0.3 is 0 Å². The van der Waals surface area contributed by atoms with Crippen LogP contribution in [0.4, 0.5) is 0 Å². The van der Waals surface area contributed by atoms with Crippen LogP contribution in [0.25, 0.3) is 0 Å². The van der Waals surface area contributed by atoms with Gasteiger partial charge in [-0.3, -0.25) is 4.79 Å². The third-order valence-electron chi connectivity index (χ3n) is 3.51. The van der Waals surface area contributed by atoms with Crippen molar-refractivity contribution in [3.05, 3.63) is 0 Å². The Balaban J connectivity index is 2.95. The van der Waals surface area contributed by atoms with Crippen molar-refractivity contribution >= 4 is 26.9 Å². The third-order valence-corrected chi connectivity index (χ3v) is 6.47. The van der Waals surface area contributed by atoms with Gasteiger partial charge in [-0.2, -0.15) is 4.31 Å². The van der Waals surface area contributed by atoms with E-state index in [0.717, 1.165) is 19.3 Å². The molecule has 0 radical (unpaired) electrons. The smallest absolute Gasteiger partial charge is 0.228 e. The molecule has 0 bridgehead atoms. The maximum Gasteiger partial charge on any atom is 0.228 e. The van der Waals surface area contributed by atoms with E-state index in [-0.39, 0.29) is 17.8 Å². The Labute approximate surface area is 115 Å². The van der Waals surface area contributed by atoms with Crippen LogP contribution in [-0.4, -0.2) is 35.8 Å². The molecule has 1 rings (SSSR count). The van der Waals surface area contributed by atoms with Gasteiger partial charge in [0, 0.05) is 12.1 Å². The minimum Gasteiger partial charge on any atom is -0.281 e. The van der Waals surface area contributed by atoms with Crippen molar-refractivity contribution in [2.24, 2.45) is 5.41 Å². The first-order valence-electron chi connectivity index (χ1n) is 6.29. The van der Waals surface area contributed by atoms with Crippen molar-refractivity contribution in [2.75, 3.05) is 5.75 Å². The summed E-state index contributed by atoms with van der Waals surface area (Å²) in [6.45, 7) is 6.98. The van der Waals surface area contributed by atoms with Crippen molar-refractivity contribution in [2.45, 2.75) is 59.0 Å². The van der Waals surface area contributed by atoms with E-state index in [9.17, 15) is 13.2 Å². The monoisotopic (exact) mass is 295 g/mol. The molecule has 18 heavy (non-hydrogen) atoms. The summed E-state index contributed by atoms with van der Waals surface area (Å²) in [5.74, 6) is -0.225. The molecule has 0 aromatic heterocycles. The molecule has 2 unspecified atom stereocenters. The van der Waals surface area contributed by atoms with E-state index in [0.29, 0.717) is 0 Å². The highest BCUT2D eigenvalue weighted by molar-refractivity contribution is 7.89. The average Bonchev–Trinajstić information content (AvgIpc) is 2.14. The number of hydrogen-bond donors (Lipinski definition) is 0. The quantitative estimate of drug-likeness (QED) is 0.748. The van der Waals surface area contributed by atoms with Gasteiger partial charge in [-0.1, -0.05) is 20.3 Å². The molecule has 1 heterocycles. The van der Waals surface area contributed by atoms with Crippen LogP contribution in [0.15, 0.2) is 0 Å². The molecule has 6 heteroatoms. The summed E-state index contributed by atoms with van der Waals surface area (Å²) in [5, 5.41) is -0.608. The maximum absolute atomic E-state index is 12.4. The van der Waals surface area contributed by atoms with E-state index in [1.807, 2.05) is 13.8 Å². The summed E-state index contributed by atoms with van der Waals surface area (Å²) in [7, 11) is -3.46. The molecule has 0 amide bonds. The van der Waals surface area contributed by atoms with Gasteiger partial charge in [-0.15, -0.1) is 0 Å². The van der Waals surface area contributed by atoms with Crippen molar-refractivity contribution in [3.63, 3.8) is 0 Å². The fraction of sp³-hybridized carbons (Fsp3) is 0.917. The topological polar surface area (TPSA) is 54.5 Å². The Bertz CT molecular complexity index is 409. The second kappa shape index (κ2) is 5.47. The summed E-state index contributed by atoms with van der Waals surface area (Å²) in [5.41, 5.74) is -1.04. The molecule has 106 valence electrons. The lowest BCUT2D eigenvalue weighted by Crippen LogP contribution is -2.50. The Morgan fingerprint density at radius 1 is 1.28 bits per heavy atom.